The van der Waals surface area contributed by atoms with Gasteiger partial charge in [-0.25, -0.2) is 9.78 Å². The number of hydrogen-bond acceptors (Lipinski definition) is 5. The van der Waals surface area contributed by atoms with Crippen molar-refractivity contribution in [2.45, 2.75) is 45.4 Å². The Kier molecular flexibility index (Phi) is 8.27. The van der Waals surface area contributed by atoms with Gasteiger partial charge in [0.25, 0.3) is 0 Å². The van der Waals surface area contributed by atoms with Crippen LogP contribution in [0.25, 0.3) is 11.3 Å². The van der Waals surface area contributed by atoms with E-state index in [2.05, 4.69) is 17.2 Å². The molecule has 2 aromatic carbocycles. The second-order valence-electron chi connectivity index (χ2n) is 7.19. The number of carboxylic acids is 1. The number of benzene rings is 2. The van der Waals surface area contributed by atoms with Gasteiger partial charge in [0.15, 0.2) is 5.13 Å². The summed E-state index contributed by atoms with van der Waals surface area (Å²) >= 11 is 1.48. The molecule has 0 amide bonds. The zero-order chi connectivity index (χ0) is 21.2. The lowest BCUT2D eigenvalue weighted by molar-refractivity contribution is 0.0697. The van der Waals surface area contributed by atoms with Crippen molar-refractivity contribution in [2.24, 2.45) is 0 Å². The summed E-state index contributed by atoms with van der Waals surface area (Å²) in [4.78, 5) is 15.7. The maximum Gasteiger partial charge on any atom is 0.335 e. The molecule has 0 radical (unpaired) electrons. The third-order valence-corrected chi connectivity index (χ3v) is 5.54. The number of unbranched alkanes of at least 4 members (excludes halogenated alkanes) is 5. The van der Waals surface area contributed by atoms with Gasteiger partial charge >= 0.3 is 5.97 Å². The van der Waals surface area contributed by atoms with Crippen LogP contribution in [-0.4, -0.2) is 22.7 Å². The molecule has 0 aliphatic rings. The number of nitrogens with one attached hydrogen (secondary N) is 1. The van der Waals surface area contributed by atoms with E-state index in [4.69, 9.17) is 9.84 Å². The van der Waals surface area contributed by atoms with Gasteiger partial charge < -0.3 is 15.2 Å². The minimum Gasteiger partial charge on any atom is -0.494 e. The summed E-state index contributed by atoms with van der Waals surface area (Å²) in [6, 6.07) is 14.7. The fraction of sp³-hybridized carbons (Fsp3) is 0.333. The zero-order valence-electron chi connectivity index (χ0n) is 17.3. The Balaban J connectivity index is 1.49. The molecule has 6 heteroatoms. The monoisotopic (exact) mass is 424 g/mol. The molecule has 0 saturated carbocycles. The molecule has 5 nitrogen and oxygen atoms in total. The molecule has 0 fully saturated rings. The molecule has 0 bridgehead atoms. The third-order valence-electron chi connectivity index (χ3n) is 4.78. The minimum absolute atomic E-state index is 0.256. The van der Waals surface area contributed by atoms with Crippen LogP contribution >= 0.6 is 11.3 Å². The number of carbonyl (C=O) groups is 1. The molecule has 0 atom stereocenters. The first-order chi connectivity index (χ1) is 14.7. The smallest absolute Gasteiger partial charge is 0.335 e. The number of carboxylic acid groups (broad SMARTS) is 1. The lowest BCUT2D eigenvalue weighted by Gasteiger charge is -2.08. The predicted molar refractivity (Wildman–Crippen MR) is 123 cm³/mol. The summed E-state index contributed by atoms with van der Waals surface area (Å²) in [5.74, 6) is -0.0661. The lowest BCUT2D eigenvalue weighted by atomic mass is 10.1. The minimum atomic E-state index is -0.941. The molecule has 2 N–H and O–H groups in total. The summed E-state index contributed by atoms with van der Waals surface area (Å²) in [7, 11) is 0. The van der Waals surface area contributed by atoms with Crippen LogP contribution in [0.15, 0.2) is 53.9 Å². The van der Waals surface area contributed by atoms with Gasteiger partial charge in [0, 0.05) is 16.6 Å². The normalized spacial score (nSPS) is 10.7. The van der Waals surface area contributed by atoms with Crippen LogP contribution in [0.4, 0.5) is 10.8 Å². The van der Waals surface area contributed by atoms with Crippen LogP contribution in [0, 0.1) is 0 Å². The van der Waals surface area contributed by atoms with E-state index < -0.39 is 5.97 Å². The van der Waals surface area contributed by atoms with Crippen LogP contribution in [0.5, 0.6) is 5.75 Å². The summed E-state index contributed by atoms with van der Waals surface area (Å²) in [6.45, 7) is 2.99. The highest BCUT2D eigenvalue weighted by atomic mass is 32.1. The molecule has 158 valence electrons. The molecule has 3 rings (SSSR count). The number of hydrogen-bond donors (Lipinski definition) is 2. The summed E-state index contributed by atoms with van der Waals surface area (Å²) in [6.07, 6.45) is 7.52. The van der Waals surface area contributed by atoms with Crippen molar-refractivity contribution < 1.29 is 14.6 Å². The zero-order valence-corrected chi connectivity index (χ0v) is 18.1. The molecule has 3 aromatic rings. The number of anilines is 2. The maximum absolute atomic E-state index is 11.2. The number of rotatable bonds is 12. The molecular formula is C24H28N2O3S. The van der Waals surface area contributed by atoms with E-state index in [1.54, 1.807) is 18.2 Å². The van der Waals surface area contributed by atoms with E-state index >= 15 is 0 Å². The second kappa shape index (κ2) is 11.4. The standard InChI is InChI=1S/C24H28N2O3S/c1-2-3-4-5-6-7-15-29-21-13-11-20(12-14-21)25-24-26-22(17-30-24)18-9-8-10-19(16-18)23(27)28/h8-14,16-17H,2-7,15H2,1H3,(H,25,26)(H,27,28). The van der Waals surface area contributed by atoms with Gasteiger partial charge in [0.2, 0.25) is 0 Å². The fourth-order valence-electron chi connectivity index (χ4n) is 3.11. The van der Waals surface area contributed by atoms with Crippen molar-refractivity contribution in [3.63, 3.8) is 0 Å². The molecular weight excluding hydrogens is 396 g/mol. The van der Waals surface area contributed by atoms with Crippen molar-refractivity contribution in [3.05, 3.63) is 59.5 Å². The van der Waals surface area contributed by atoms with Gasteiger partial charge in [0.05, 0.1) is 17.9 Å². The van der Waals surface area contributed by atoms with Gasteiger partial charge in [-0.1, -0.05) is 51.2 Å². The third kappa shape index (κ3) is 6.59. The highest BCUT2D eigenvalue weighted by Crippen LogP contribution is 2.28. The quantitative estimate of drug-likeness (QED) is 0.307. The number of ether oxygens (including phenoxy) is 1. The van der Waals surface area contributed by atoms with Crippen LogP contribution in [0.1, 0.15) is 55.8 Å². The Hall–Kier alpha value is -2.86. The molecule has 0 unspecified atom stereocenters. The number of nitrogens with zero attached hydrogens (tertiary/aromatic N) is 1. The lowest BCUT2D eigenvalue weighted by Crippen LogP contribution is -1.97. The fourth-order valence-corrected chi connectivity index (χ4v) is 3.85. The largest absolute Gasteiger partial charge is 0.494 e. The Morgan fingerprint density at radius 1 is 1.07 bits per heavy atom. The van der Waals surface area contributed by atoms with Gasteiger partial charge in [-0.3, -0.25) is 0 Å². The van der Waals surface area contributed by atoms with Crippen molar-refractivity contribution in [1.29, 1.82) is 0 Å². The number of thiazole rings is 1. The van der Waals surface area contributed by atoms with Crippen LogP contribution in [-0.2, 0) is 0 Å². The first kappa shape index (κ1) is 21.8. The van der Waals surface area contributed by atoms with E-state index in [9.17, 15) is 4.79 Å². The highest BCUT2D eigenvalue weighted by Gasteiger charge is 2.08. The topological polar surface area (TPSA) is 71.5 Å². The van der Waals surface area contributed by atoms with Crippen molar-refractivity contribution in [1.82, 2.24) is 4.98 Å². The van der Waals surface area contributed by atoms with Crippen molar-refractivity contribution >= 4 is 28.1 Å². The number of aromatic nitrogens is 1. The molecule has 0 saturated heterocycles. The van der Waals surface area contributed by atoms with Gasteiger partial charge in [-0.15, -0.1) is 11.3 Å². The Bertz CT molecular complexity index is 938. The summed E-state index contributed by atoms with van der Waals surface area (Å²) < 4.78 is 5.82. The molecule has 1 heterocycles. The van der Waals surface area contributed by atoms with E-state index in [0.717, 1.165) is 40.9 Å². The average molecular weight is 425 g/mol. The first-order valence-corrected chi connectivity index (χ1v) is 11.3. The van der Waals surface area contributed by atoms with Crippen LogP contribution in [0.2, 0.25) is 0 Å². The Morgan fingerprint density at radius 3 is 2.60 bits per heavy atom. The highest BCUT2D eigenvalue weighted by molar-refractivity contribution is 7.14. The van der Waals surface area contributed by atoms with E-state index in [1.165, 1.54) is 43.4 Å². The van der Waals surface area contributed by atoms with Crippen molar-refractivity contribution in [2.75, 3.05) is 11.9 Å². The summed E-state index contributed by atoms with van der Waals surface area (Å²) in [5.41, 5.74) is 2.73. The SMILES string of the molecule is CCCCCCCCOc1ccc(Nc2nc(-c3cccc(C(=O)O)c3)cs2)cc1. The van der Waals surface area contributed by atoms with E-state index in [-0.39, 0.29) is 5.56 Å². The van der Waals surface area contributed by atoms with Crippen molar-refractivity contribution in [3.8, 4) is 17.0 Å². The number of aromatic carboxylic acids is 1. The molecule has 1 aromatic heterocycles. The first-order valence-electron chi connectivity index (χ1n) is 10.4. The van der Waals surface area contributed by atoms with Gasteiger partial charge in [-0.2, -0.15) is 0 Å². The molecule has 0 spiro atoms. The van der Waals surface area contributed by atoms with E-state index in [1.807, 2.05) is 35.7 Å². The Labute approximate surface area is 181 Å². The summed E-state index contributed by atoms with van der Waals surface area (Å²) in [5, 5.41) is 15.1. The Morgan fingerprint density at radius 2 is 1.83 bits per heavy atom. The van der Waals surface area contributed by atoms with Gasteiger partial charge in [-0.05, 0) is 42.8 Å². The predicted octanol–water partition coefficient (Wildman–Crippen LogP) is 6.99. The van der Waals surface area contributed by atoms with Crippen LogP contribution < -0.4 is 10.1 Å². The molecule has 30 heavy (non-hydrogen) atoms. The molecule has 0 aliphatic carbocycles. The second-order valence-corrected chi connectivity index (χ2v) is 8.05. The van der Waals surface area contributed by atoms with E-state index in [0.29, 0.717) is 0 Å². The maximum atomic E-state index is 11.2. The van der Waals surface area contributed by atoms with Crippen LogP contribution in [0.3, 0.4) is 0 Å². The molecule has 0 aliphatic heterocycles. The van der Waals surface area contributed by atoms with Gasteiger partial charge in [0.1, 0.15) is 5.75 Å². The average Bonchev–Trinajstić information content (AvgIpc) is 3.23.